The number of fused-ring (bicyclic) bond motifs is 1. The van der Waals surface area contributed by atoms with E-state index in [0.717, 1.165) is 59.8 Å². The lowest BCUT2D eigenvalue weighted by atomic mass is 10.0. The number of thiophene rings is 1. The van der Waals surface area contributed by atoms with Crippen LogP contribution in [0.2, 0.25) is 0 Å². The molecule has 146 valence electrons. The zero-order chi connectivity index (χ0) is 19.7. The topological polar surface area (TPSA) is 97.3 Å². The van der Waals surface area contributed by atoms with E-state index in [1.807, 2.05) is 31.4 Å². The number of pyridine rings is 1. The molecule has 3 N–H and O–H groups in total. The normalized spacial score (nSPS) is 14.1. The number of nitrogen functional groups attached to an aromatic ring is 1. The van der Waals surface area contributed by atoms with Crippen molar-refractivity contribution in [2.24, 2.45) is 0 Å². The van der Waals surface area contributed by atoms with Crippen LogP contribution in [0.3, 0.4) is 0 Å². The van der Waals surface area contributed by atoms with Crippen molar-refractivity contribution in [2.75, 3.05) is 12.3 Å². The van der Waals surface area contributed by atoms with Gasteiger partial charge >= 0.3 is 0 Å². The SMILES string of the molecule is Cc1noc(C)c1CN1CCc2c(C(=O)NCc3cccnc3N)csc2C1. The van der Waals surface area contributed by atoms with Gasteiger partial charge in [0.15, 0.2) is 0 Å². The minimum absolute atomic E-state index is 0.0556. The highest BCUT2D eigenvalue weighted by Gasteiger charge is 2.25. The molecule has 4 rings (SSSR count). The molecule has 4 heterocycles. The fourth-order valence-corrected chi connectivity index (χ4v) is 4.65. The molecule has 0 aromatic carbocycles. The zero-order valence-electron chi connectivity index (χ0n) is 16.0. The molecule has 0 unspecified atom stereocenters. The van der Waals surface area contributed by atoms with Crippen LogP contribution in [-0.4, -0.2) is 27.5 Å². The molecule has 3 aromatic heterocycles. The van der Waals surface area contributed by atoms with Crippen LogP contribution in [-0.2, 0) is 26.1 Å². The summed E-state index contributed by atoms with van der Waals surface area (Å²) < 4.78 is 5.27. The van der Waals surface area contributed by atoms with Crippen molar-refractivity contribution in [3.05, 3.63) is 62.3 Å². The molecule has 3 aromatic rings. The number of nitrogens with zero attached hydrogens (tertiary/aromatic N) is 3. The molecule has 0 radical (unpaired) electrons. The van der Waals surface area contributed by atoms with Crippen LogP contribution in [0.1, 0.15) is 43.4 Å². The van der Waals surface area contributed by atoms with Crippen LogP contribution in [0.15, 0.2) is 28.2 Å². The van der Waals surface area contributed by atoms with Gasteiger partial charge in [0.1, 0.15) is 11.6 Å². The van der Waals surface area contributed by atoms with Crippen molar-refractivity contribution >= 4 is 23.1 Å². The van der Waals surface area contributed by atoms with E-state index < -0.39 is 0 Å². The number of nitrogens with two attached hydrogens (primary N) is 1. The monoisotopic (exact) mass is 397 g/mol. The van der Waals surface area contributed by atoms with E-state index in [4.69, 9.17) is 10.3 Å². The van der Waals surface area contributed by atoms with Gasteiger partial charge in [0.25, 0.3) is 5.91 Å². The minimum atomic E-state index is -0.0556. The second-order valence-corrected chi connectivity index (χ2v) is 8.01. The first kappa shape index (κ1) is 18.6. The summed E-state index contributed by atoms with van der Waals surface area (Å²) in [6, 6.07) is 3.69. The molecular weight excluding hydrogens is 374 g/mol. The Bertz CT molecular complexity index is 990. The van der Waals surface area contributed by atoms with E-state index in [1.54, 1.807) is 17.5 Å². The average Bonchev–Trinajstić information content (AvgIpc) is 3.25. The first-order valence-corrected chi connectivity index (χ1v) is 10.1. The lowest BCUT2D eigenvalue weighted by Crippen LogP contribution is -2.31. The number of carbonyl (C=O) groups excluding carboxylic acids is 1. The summed E-state index contributed by atoms with van der Waals surface area (Å²) in [5, 5.41) is 8.97. The Balaban J connectivity index is 1.42. The Hall–Kier alpha value is -2.71. The molecule has 1 aliphatic rings. The summed E-state index contributed by atoms with van der Waals surface area (Å²) >= 11 is 1.65. The van der Waals surface area contributed by atoms with Crippen molar-refractivity contribution < 1.29 is 9.32 Å². The second-order valence-electron chi connectivity index (χ2n) is 7.04. The molecule has 0 saturated heterocycles. The highest BCUT2D eigenvalue weighted by molar-refractivity contribution is 7.10. The molecule has 0 spiro atoms. The number of rotatable bonds is 5. The number of aromatic nitrogens is 2. The third kappa shape index (κ3) is 3.65. The van der Waals surface area contributed by atoms with Crippen molar-refractivity contribution in [3.8, 4) is 0 Å². The van der Waals surface area contributed by atoms with Crippen LogP contribution in [0, 0.1) is 13.8 Å². The van der Waals surface area contributed by atoms with Gasteiger partial charge in [-0.05, 0) is 31.9 Å². The molecule has 0 saturated carbocycles. The standard InChI is InChI=1S/C20H23N5O2S/c1-12-16(13(2)27-24-12)9-25-7-5-15-17(11-28-18(15)10-25)20(26)23-8-14-4-3-6-22-19(14)21/h3-4,6,11H,5,7-10H2,1-2H3,(H2,21,22)(H,23,26). The van der Waals surface area contributed by atoms with E-state index in [-0.39, 0.29) is 5.91 Å². The molecular formula is C20H23N5O2S. The summed E-state index contributed by atoms with van der Waals surface area (Å²) in [6.07, 6.45) is 2.50. The summed E-state index contributed by atoms with van der Waals surface area (Å²) in [6.45, 7) is 6.87. The van der Waals surface area contributed by atoms with Gasteiger partial charge < -0.3 is 15.6 Å². The molecule has 1 amide bonds. The molecule has 0 bridgehead atoms. The highest BCUT2D eigenvalue weighted by atomic mass is 32.1. The Kier molecular flexibility index (Phi) is 5.15. The van der Waals surface area contributed by atoms with Crippen molar-refractivity contribution in [3.63, 3.8) is 0 Å². The predicted molar refractivity (Wildman–Crippen MR) is 108 cm³/mol. The van der Waals surface area contributed by atoms with Gasteiger partial charge in [0.05, 0.1) is 11.3 Å². The molecule has 28 heavy (non-hydrogen) atoms. The zero-order valence-corrected chi connectivity index (χ0v) is 16.8. The van der Waals surface area contributed by atoms with Gasteiger partial charge in [-0.3, -0.25) is 9.69 Å². The Morgan fingerprint density at radius 3 is 3.04 bits per heavy atom. The van der Waals surface area contributed by atoms with E-state index in [2.05, 4.69) is 20.4 Å². The van der Waals surface area contributed by atoms with Gasteiger partial charge in [0, 0.05) is 53.8 Å². The first-order valence-electron chi connectivity index (χ1n) is 9.24. The smallest absolute Gasteiger partial charge is 0.252 e. The Morgan fingerprint density at radius 2 is 2.29 bits per heavy atom. The van der Waals surface area contributed by atoms with Crippen LogP contribution in [0.4, 0.5) is 5.82 Å². The Morgan fingerprint density at radius 1 is 1.43 bits per heavy atom. The fraction of sp³-hybridized carbons (Fsp3) is 0.350. The van der Waals surface area contributed by atoms with Gasteiger partial charge in [-0.25, -0.2) is 4.98 Å². The number of aryl methyl sites for hydroxylation is 2. The summed E-state index contributed by atoms with van der Waals surface area (Å²) in [7, 11) is 0. The number of hydrogen-bond donors (Lipinski definition) is 2. The van der Waals surface area contributed by atoms with Crippen LogP contribution in [0.5, 0.6) is 0 Å². The fourth-order valence-electron chi connectivity index (χ4n) is 3.53. The molecule has 1 aliphatic heterocycles. The molecule has 8 heteroatoms. The van der Waals surface area contributed by atoms with Crippen molar-refractivity contribution in [2.45, 2.75) is 39.9 Å². The maximum absolute atomic E-state index is 12.7. The molecule has 7 nitrogen and oxygen atoms in total. The minimum Gasteiger partial charge on any atom is -0.383 e. The highest BCUT2D eigenvalue weighted by Crippen LogP contribution is 2.30. The first-order chi connectivity index (χ1) is 13.5. The lowest BCUT2D eigenvalue weighted by molar-refractivity contribution is 0.0949. The lowest BCUT2D eigenvalue weighted by Gasteiger charge is -2.27. The van der Waals surface area contributed by atoms with Crippen molar-refractivity contribution in [1.82, 2.24) is 20.4 Å². The third-order valence-corrected chi connectivity index (χ3v) is 6.21. The quantitative estimate of drug-likeness (QED) is 0.687. The third-order valence-electron chi connectivity index (χ3n) is 5.20. The number of amides is 1. The van der Waals surface area contributed by atoms with Gasteiger partial charge in [-0.2, -0.15) is 0 Å². The summed E-state index contributed by atoms with van der Waals surface area (Å²) in [5.74, 6) is 1.27. The van der Waals surface area contributed by atoms with E-state index in [1.165, 1.54) is 4.88 Å². The van der Waals surface area contributed by atoms with Crippen molar-refractivity contribution in [1.29, 1.82) is 0 Å². The Labute approximate surface area is 167 Å². The number of anilines is 1. The maximum atomic E-state index is 12.7. The van der Waals surface area contributed by atoms with Gasteiger partial charge in [-0.1, -0.05) is 11.2 Å². The summed E-state index contributed by atoms with van der Waals surface area (Å²) in [4.78, 5) is 20.4. The summed E-state index contributed by atoms with van der Waals surface area (Å²) in [5.41, 5.74) is 10.7. The van der Waals surface area contributed by atoms with E-state index in [0.29, 0.717) is 12.4 Å². The van der Waals surface area contributed by atoms with Crippen LogP contribution in [0.25, 0.3) is 0 Å². The second kappa shape index (κ2) is 7.73. The van der Waals surface area contributed by atoms with E-state index >= 15 is 0 Å². The molecule has 0 atom stereocenters. The van der Waals surface area contributed by atoms with Gasteiger partial charge in [0.2, 0.25) is 0 Å². The van der Waals surface area contributed by atoms with E-state index in [9.17, 15) is 4.79 Å². The average molecular weight is 398 g/mol. The largest absolute Gasteiger partial charge is 0.383 e. The number of carbonyl (C=O) groups is 1. The number of hydrogen-bond acceptors (Lipinski definition) is 7. The molecule has 0 fully saturated rings. The maximum Gasteiger partial charge on any atom is 0.252 e. The number of nitrogens with one attached hydrogen (secondary N) is 1. The van der Waals surface area contributed by atoms with Crippen LogP contribution < -0.4 is 11.1 Å². The molecule has 0 aliphatic carbocycles. The van der Waals surface area contributed by atoms with Gasteiger partial charge in [-0.15, -0.1) is 11.3 Å². The predicted octanol–water partition coefficient (Wildman–Crippen LogP) is 2.82. The van der Waals surface area contributed by atoms with Crippen LogP contribution >= 0.6 is 11.3 Å².